The molecule has 1 aromatic rings. The van der Waals surface area contributed by atoms with E-state index >= 15 is 0 Å². The number of aromatic amines is 1. The first-order chi connectivity index (χ1) is 9.41. The molecule has 2 N–H and O–H groups in total. The van der Waals surface area contributed by atoms with Crippen molar-refractivity contribution < 1.29 is 4.79 Å². The first-order valence-electron chi connectivity index (χ1n) is 6.98. The Morgan fingerprint density at radius 1 is 1.40 bits per heavy atom. The van der Waals surface area contributed by atoms with E-state index in [1.165, 1.54) is 0 Å². The van der Waals surface area contributed by atoms with Crippen molar-refractivity contribution in [1.82, 2.24) is 10.3 Å². The molecule has 20 heavy (non-hydrogen) atoms. The van der Waals surface area contributed by atoms with Gasteiger partial charge in [0.15, 0.2) is 0 Å². The van der Waals surface area contributed by atoms with Crippen LogP contribution in [0.3, 0.4) is 0 Å². The second-order valence-electron chi connectivity index (χ2n) is 5.42. The highest BCUT2D eigenvalue weighted by atomic mass is 32.2. The zero-order valence-electron chi connectivity index (χ0n) is 12.7. The lowest BCUT2D eigenvalue weighted by molar-refractivity contribution is 0.0951. The smallest absolute Gasteiger partial charge is 0.261 e. The van der Waals surface area contributed by atoms with Crippen molar-refractivity contribution in [2.75, 3.05) is 18.1 Å². The van der Waals surface area contributed by atoms with Crippen LogP contribution >= 0.6 is 11.8 Å². The van der Waals surface area contributed by atoms with Crippen molar-refractivity contribution in [2.45, 2.75) is 34.1 Å². The Bertz CT molecular complexity index is 509. The van der Waals surface area contributed by atoms with Gasteiger partial charge in [-0.25, -0.2) is 0 Å². The molecule has 0 fully saturated rings. The average molecular weight is 296 g/mol. The maximum absolute atomic E-state index is 12.0. The number of rotatable bonds is 7. The molecule has 0 spiro atoms. The molecular formula is C15H24N2O2S. The standard InChI is InChI=1S/C15H24N2O2S/c1-10(2)9-20-7-5-6-16-14(18)13-11(3)8-12(4)17-15(13)19/h8,10H,5-7,9H2,1-4H3,(H,16,18)(H,17,19). The molecule has 0 aromatic carbocycles. The second-order valence-corrected chi connectivity index (χ2v) is 6.57. The average Bonchev–Trinajstić information content (AvgIpc) is 2.31. The molecular weight excluding hydrogens is 272 g/mol. The Balaban J connectivity index is 2.42. The number of aromatic nitrogens is 1. The van der Waals surface area contributed by atoms with E-state index in [0.717, 1.165) is 29.2 Å². The highest BCUT2D eigenvalue weighted by Gasteiger charge is 2.13. The Morgan fingerprint density at radius 2 is 2.10 bits per heavy atom. The molecule has 0 radical (unpaired) electrons. The van der Waals surface area contributed by atoms with E-state index in [2.05, 4.69) is 24.1 Å². The summed E-state index contributed by atoms with van der Waals surface area (Å²) < 4.78 is 0. The summed E-state index contributed by atoms with van der Waals surface area (Å²) in [6, 6.07) is 1.81. The molecule has 1 amide bonds. The predicted octanol–water partition coefficient (Wildman–Crippen LogP) is 2.50. The molecule has 4 nitrogen and oxygen atoms in total. The number of pyridine rings is 1. The van der Waals surface area contributed by atoms with E-state index in [4.69, 9.17) is 0 Å². The number of thioether (sulfide) groups is 1. The first kappa shape index (κ1) is 16.8. The van der Waals surface area contributed by atoms with Crippen molar-refractivity contribution in [3.63, 3.8) is 0 Å². The summed E-state index contributed by atoms with van der Waals surface area (Å²) >= 11 is 1.90. The van der Waals surface area contributed by atoms with Gasteiger partial charge in [0, 0.05) is 12.2 Å². The fourth-order valence-electron chi connectivity index (χ4n) is 1.92. The van der Waals surface area contributed by atoms with E-state index in [0.29, 0.717) is 12.5 Å². The van der Waals surface area contributed by atoms with E-state index in [1.807, 2.05) is 24.8 Å². The van der Waals surface area contributed by atoms with Crippen LogP contribution in [0.25, 0.3) is 0 Å². The van der Waals surface area contributed by atoms with Crippen LogP contribution < -0.4 is 10.9 Å². The second kappa shape index (κ2) is 8.15. The molecule has 1 aromatic heterocycles. The van der Waals surface area contributed by atoms with E-state index in [9.17, 15) is 9.59 Å². The lowest BCUT2D eigenvalue weighted by Crippen LogP contribution is -2.31. The molecule has 5 heteroatoms. The van der Waals surface area contributed by atoms with Gasteiger partial charge in [0.2, 0.25) is 0 Å². The van der Waals surface area contributed by atoms with Crippen LogP contribution in [-0.4, -0.2) is 28.9 Å². The van der Waals surface area contributed by atoms with Gasteiger partial charge in [-0.2, -0.15) is 11.8 Å². The Morgan fingerprint density at radius 3 is 2.70 bits per heavy atom. The molecule has 0 aliphatic carbocycles. The molecule has 0 unspecified atom stereocenters. The maximum atomic E-state index is 12.0. The van der Waals surface area contributed by atoms with Crippen LogP contribution in [0.1, 0.15) is 41.9 Å². The normalized spacial score (nSPS) is 10.8. The molecule has 1 heterocycles. The van der Waals surface area contributed by atoms with Crippen LogP contribution in [0, 0.1) is 19.8 Å². The topological polar surface area (TPSA) is 62.0 Å². The van der Waals surface area contributed by atoms with Crippen LogP contribution in [-0.2, 0) is 0 Å². The van der Waals surface area contributed by atoms with Crippen molar-refractivity contribution >= 4 is 17.7 Å². The quantitative estimate of drug-likeness (QED) is 0.760. The van der Waals surface area contributed by atoms with E-state index in [-0.39, 0.29) is 17.0 Å². The van der Waals surface area contributed by atoms with E-state index < -0.39 is 0 Å². The zero-order chi connectivity index (χ0) is 15.1. The monoisotopic (exact) mass is 296 g/mol. The van der Waals surface area contributed by atoms with Gasteiger partial charge in [0.05, 0.1) is 0 Å². The first-order valence-corrected chi connectivity index (χ1v) is 8.13. The predicted molar refractivity (Wildman–Crippen MR) is 85.6 cm³/mol. The number of carbonyl (C=O) groups excluding carboxylic acids is 1. The van der Waals surface area contributed by atoms with Crippen molar-refractivity contribution in [2.24, 2.45) is 5.92 Å². The van der Waals surface area contributed by atoms with Gasteiger partial charge in [-0.05, 0) is 49.3 Å². The molecule has 0 saturated heterocycles. The molecule has 0 atom stereocenters. The largest absolute Gasteiger partial charge is 0.352 e. The third kappa shape index (κ3) is 5.41. The summed E-state index contributed by atoms with van der Waals surface area (Å²) in [7, 11) is 0. The van der Waals surface area contributed by atoms with Gasteiger partial charge in [0.25, 0.3) is 11.5 Å². The van der Waals surface area contributed by atoms with Crippen LogP contribution in [0.5, 0.6) is 0 Å². The minimum absolute atomic E-state index is 0.227. The van der Waals surface area contributed by atoms with Crippen LogP contribution in [0.15, 0.2) is 10.9 Å². The fourth-order valence-corrected chi connectivity index (χ4v) is 2.91. The minimum atomic E-state index is -0.311. The number of nitrogens with one attached hydrogen (secondary N) is 2. The van der Waals surface area contributed by atoms with Gasteiger partial charge < -0.3 is 10.3 Å². The number of H-pyrrole nitrogens is 1. The van der Waals surface area contributed by atoms with Gasteiger partial charge in [-0.1, -0.05) is 13.8 Å². The molecule has 0 aliphatic rings. The maximum Gasteiger partial charge on any atom is 0.261 e. The summed E-state index contributed by atoms with van der Waals surface area (Å²) in [4.78, 5) is 26.5. The lowest BCUT2D eigenvalue weighted by Gasteiger charge is -2.08. The number of carbonyl (C=O) groups is 1. The third-order valence-corrected chi connectivity index (χ3v) is 4.27. The summed E-state index contributed by atoms with van der Waals surface area (Å²) in [5.74, 6) is 2.59. The molecule has 1 rings (SSSR count). The summed E-state index contributed by atoms with van der Waals surface area (Å²) in [6.07, 6.45) is 0.923. The summed E-state index contributed by atoms with van der Waals surface area (Å²) in [5.41, 5.74) is 1.41. The highest BCUT2D eigenvalue weighted by molar-refractivity contribution is 7.99. The van der Waals surface area contributed by atoms with Crippen LogP contribution in [0.2, 0.25) is 0 Å². The number of hydrogen-bond donors (Lipinski definition) is 2. The zero-order valence-corrected chi connectivity index (χ0v) is 13.5. The van der Waals surface area contributed by atoms with Crippen LogP contribution in [0.4, 0.5) is 0 Å². The van der Waals surface area contributed by atoms with Gasteiger partial charge in [-0.3, -0.25) is 9.59 Å². The number of hydrogen-bond acceptors (Lipinski definition) is 3. The number of aryl methyl sites for hydroxylation is 2. The Hall–Kier alpha value is -1.23. The highest BCUT2D eigenvalue weighted by Crippen LogP contribution is 2.08. The Kier molecular flexibility index (Phi) is 6.85. The SMILES string of the molecule is Cc1cc(C)c(C(=O)NCCCSCC(C)C)c(=O)[nH]1. The summed E-state index contributed by atoms with van der Waals surface area (Å²) in [5, 5.41) is 2.82. The van der Waals surface area contributed by atoms with E-state index in [1.54, 1.807) is 6.92 Å². The minimum Gasteiger partial charge on any atom is -0.352 e. The summed E-state index contributed by atoms with van der Waals surface area (Å²) in [6.45, 7) is 8.59. The van der Waals surface area contributed by atoms with Gasteiger partial charge in [-0.15, -0.1) is 0 Å². The molecule has 0 bridgehead atoms. The molecule has 112 valence electrons. The van der Waals surface area contributed by atoms with Gasteiger partial charge in [0.1, 0.15) is 5.56 Å². The van der Waals surface area contributed by atoms with Crippen molar-refractivity contribution in [1.29, 1.82) is 0 Å². The van der Waals surface area contributed by atoms with Gasteiger partial charge >= 0.3 is 0 Å². The number of amides is 1. The third-order valence-electron chi connectivity index (χ3n) is 2.79. The Labute approximate surface area is 124 Å². The molecule has 0 saturated carbocycles. The van der Waals surface area contributed by atoms with Crippen molar-refractivity contribution in [3.8, 4) is 0 Å². The molecule has 0 aliphatic heterocycles. The lowest BCUT2D eigenvalue weighted by atomic mass is 10.1. The fraction of sp³-hybridized carbons (Fsp3) is 0.600. The van der Waals surface area contributed by atoms with Crippen molar-refractivity contribution in [3.05, 3.63) is 33.2 Å².